The molecule has 0 fully saturated rings. The third-order valence-electron chi connectivity index (χ3n) is 2.31. The highest BCUT2D eigenvalue weighted by molar-refractivity contribution is 5.77. The van der Waals surface area contributed by atoms with Crippen molar-refractivity contribution in [1.82, 2.24) is 5.32 Å². The highest BCUT2D eigenvalue weighted by Gasteiger charge is 2.03. The molecule has 3 N–H and O–H groups in total. The lowest BCUT2D eigenvalue weighted by atomic mass is 10.2. The van der Waals surface area contributed by atoms with E-state index in [-0.39, 0.29) is 31.4 Å². The van der Waals surface area contributed by atoms with Gasteiger partial charge in [0.05, 0.1) is 6.54 Å². The number of carbonyl (C=O) groups is 2. The zero-order valence-electron chi connectivity index (χ0n) is 10.2. The number of hydrogen-bond acceptors (Lipinski definition) is 4. The van der Waals surface area contributed by atoms with E-state index in [9.17, 15) is 9.59 Å². The second-order valence-electron chi connectivity index (χ2n) is 3.80. The third kappa shape index (κ3) is 6.00. The highest BCUT2D eigenvalue weighted by atomic mass is 16.5. The van der Waals surface area contributed by atoms with Crippen molar-refractivity contribution in [1.29, 1.82) is 0 Å². The van der Waals surface area contributed by atoms with Crippen LogP contribution in [0.25, 0.3) is 0 Å². The molecule has 0 heterocycles. The van der Waals surface area contributed by atoms with E-state index in [1.807, 2.05) is 30.3 Å². The summed E-state index contributed by atoms with van der Waals surface area (Å²) in [5.74, 6) is -0.478. The van der Waals surface area contributed by atoms with Gasteiger partial charge in [0.1, 0.15) is 6.61 Å². The molecule has 1 aromatic rings. The summed E-state index contributed by atoms with van der Waals surface area (Å²) in [5.41, 5.74) is 6.08. The Morgan fingerprint density at radius 2 is 1.94 bits per heavy atom. The van der Waals surface area contributed by atoms with Crippen LogP contribution in [0.5, 0.6) is 0 Å². The summed E-state index contributed by atoms with van der Waals surface area (Å²) < 4.78 is 5.09. The van der Waals surface area contributed by atoms with Crippen molar-refractivity contribution in [2.45, 2.75) is 19.4 Å². The predicted molar refractivity (Wildman–Crippen MR) is 67.5 cm³/mol. The number of amides is 1. The monoisotopic (exact) mass is 250 g/mol. The summed E-state index contributed by atoms with van der Waals surface area (Å²) in [7, 11) is 0. The SMILES string of the molecule is NCC(=O)NCCCC(=O)OCc1ccccc1. The Kier molecular flexibility index (Phi) is 6.50. The topological polar surface area (TPSA) is 81.4 Å². The standard InChI is InChI=1S/C13H18N2O3/c14-9-12(16)15-8-4-7-13(17)18-10-11-5-2-1-3-6-11/h1-3,5-6H,4,7-10,14H2,(H,15,16). The van der Waals surface area contributed by atoms with E-state index in [4.69, 9.17) is 10.5 Å². The van der Waals surface area contributed by atoms with E-state index in [0.29, 0.717) is 13.0 Å². The fourth-order valence-corrected chi connectivity index (χ4v) is 1.34. The lowest BCUT2D eigenvalue weighted by Crippen LogP contribution is -2.31. The molecule has 0 aliphatic rings. The van der Waals surface area contributed by atoms with E-state index in [1.54, 1.807) is 0 Å². The molecule has 0 aromatic heterocycles. The van der Waals surface area contributed by atoms with Gasteiger partial charge < -0.3 is 15.8 Å². The first kappa shape index (κ1) is 14.2. The number of esters is 1. The van der Waals surface area contributed by atoms with Crippen LogP contribution < -0.4 is 11.1 Å². The highest BCUT2D eigenvalue weighted by Crippen LogP contribution is 2.02. The summed E-state index contributed by atoms with van der Waals surface area (Å²) in [6.07, 6.45) is 0.844. The number of benzene rings is 1. The van der Waals surface area contributed by atoms with E-state index < -0.39 is 0 Å². The van der Waals surface area contributed by atoms with Crippen molar-refractivity contribution in [2.75, 3.05) is 13.1 Å². The molecule has 0 aliphatic carbocycles. The van der Waals surface area contributed by atoms with Crippen LogP contribution in [0.4, 0.5) is 0 Å². The molecule has 0 aliphatic heterocycles. The first-order valence-corrected chi connectivity index (χ1v) is 5.88. The number of hydrogen-bond donors (Lipinski definition) is 2. The second kappa shape index (κ2) is 8.25. The molecule has 1 amide bonds. The first-order valence-electron chi connectivity index (χ1n) is 5.88. The molecule has 0 bridgehead atoms. The minimum atomic E-state index is -0.263. The Morgan fingerprint density at radius 1 is 1.22 bits per heavy atom. The first-order chi connectivity index (χ1) is 8.72. The van der Waals surface area contributed by atoms with Crippen LogP contribution in [-0.2, 0) is 20.9 Å². The number of ether oxygens (including phenoxy) is 1. The number of nitrogens with one attached hydrogen (secondary N) is 1. The minimum Gasteiger partial charge on any atom is -0.461 e. The zero-order valence-corrected chi connectivity index (χ0v) is 10.2. The van der Waals surface area contributed by atoms with Crippen molar-refractivity contribution in [2.24, 2.45) is 5.73 Å². The maximum absolute atomic E-state index is 11.4. The van der Waals surface area contributed by atoms with Gasteiger partial charge in [-0.1, -0.05) is 30.3 Å². The largest absolute Gasteiger partial charge is 0.461 e. The molecule has 5 heteroatoms. The number of rotatable bonds is 7. The van der Waals surface area contributed by atoms with Gasteiger partial charge in [0.2, 0.25) is 5.91 Å². The molecular formula is C13H18N2O3. The second-order valence-corrected chi connectivity index (χ2v) is 3.80. The molecule has 0 spiro atoms. The molecule has 0 saturated carbocycles. The minimum absolute atomic E-state index is 0.0293. The molecule has 0 atom stereocenters. The van der Waals surface area contributed by atoms with Crippen LogP contribution in [-0.4, -0.2) is 25.0 Å². The Morgan fingerprint density at radius 3 is 2.61 bits per heavy atom. The van der Waals surface area contributed by atoms with Crippen LogP contribution in [0.1, 0.15) is 18.4 Å². The smallest absolute Gasteiger partial charge is 0.306 e. The van der Waals surface area contributed by atoms with Gasteiger partial charge in [-0.25, -0.2) is 0 Å². The molecule has 5 nitrogen and oxygen atoms in total. The van der Waals surface area contributed by atoms with Crippen LogP contribution in [0, 0.1) is 0 Å². The van der Waals surface area contributed by atoms with Gasteiger partial charge in [0, 0.05) is 13.0 Å². The van der Waals surface area contributed by atoms with E-state index >= 15 is 0 Å². The summed E-state index contributed by atoms with van der Waals surface area (Å²) in [4.78, 5) is 22.2. The predicted octanol–water partition coefficient (Wildman–Crippen LogP) is 0.585. The van der Waals surface area contributed by atoms with Gasteiger partial charge >= 0.3 is 5.97 Å². The van der Waals surface area contributed by atoms with Crippen molar-refractivity contribution >= 4 is 11.9 Å². The zero-order chi connectivity index (χ0) is 13.2. The van der Waals surface area contributed by atoms with Crippen LogP contribution in [0.3, 0.4) is 0 Å². The molecular weight excluding hydrogens is 232 g/mol. The maximum atomic E-state index is 11.4. The average Bonchev–Trinajstić information content (AvgIpc) is 2.42. The van der Waals surface area contributed by atoms with Crippen molar-refractivity contribution in [3.63, 3.8) is 0 Å². The molecule has 1 aromatic carbocycles. The molecule has 18 heavy (non-hydrogen) atoms. The van der Waals surface area contributed by atoms with Crippen molar-refractivity contribution in [3.05, 3.63) is 35.9 Å². The van der Waals surface area contributed by atoms with Gasteiger partial charge in [-0.2, -0.15) is 0 Å². The fourth-order valence-electron chi connectivity index (χ4n) is 1.34. The Labute approximate surface area is 106 Å². The maximum Gasteiger partial charge on any atom is 0.306 e. The molecule has 0 radical (unpaired) electrons. The summed E-state index contributed by atoms with van der Waals surface area (Å²) in [6, 6.07) is 9.49. The lowest BCUT2D eigenvalue weighted by molar-refractivity contribution is -0.145. The third-order valence-corrected chi connectivity index (χ3v) is 2.31. The lowest BCUT2D eigenvalue weighted by Gasteiger charge is -2.05. The summed E-state index contributed by atoms with van der Waals surface area (Å²) in [5, 5.41) is 2.59. The molecule has 98 valence electrons. The molecule has 0 saturated heterocycles. The molecule has 0 unspecified atom stereocenters. The summed E-state index contributed by atoms with van der Waals surface area (Å²) in [6.45, 7) is 0.698. The Hall–Kier alpha value is -1.88. The van der Waals surface area contributed by atoms with Crippen LogP contribution >= 0.6 is 0 Å². The van der Waals surface area contributed by atoms with Crippen LogP contribution in [0.15, 0.2) is 30.3 Å². The van der Waals surface area contributed by atoms with Crippen molar-refractivity contribution < 1.29 is 14.3 Å². The van der Waals surface area contributed by atoms with E-state index in [2.05, 4.69) is 5.32 Å². The van der Waals surface area contributed by atoms with Gasteiger partial charge in [-0.15, -0.1) is 0 Å². The number of carbonyl (C=O) groups excluding carboxylic acids is 2. The Bertz CT molecular complexity index is 379. The van der Waals surface area contributed by atoms with Crippen LogP contribution in [0.2, 0.25) is 0 Å². The summed E-state index contributed by atoms with van der Waals surface area (Å²) >= 11 is 0. The Balaban J connectivity index is 2.09. The van der Waals surface area contributed by atoms with Gasteiger partial charge in [-0.3, -0.25) is 9.59 Å². The quantitative estimate of drug-likeness (QED) is 0.548. The van der Waals surface area contributed by atoms with Gasteiger partial charge in [0.15, 0.2) is 0 Å². The number of nitrogens with two attached hydrogens (primary N) is 1. The van der Waals surface area contributed by atoms with E-state index in [1.165, 1.54) is 0 Å². The van der Waals surface area contributed by atoms with E-state index in [0.717, 1.165) is 5.56 Å². The van der Waals surface area contributed by atoms with Gasteiger partial charge in [0.25, 0.3) is 0 Å². The van der Waals surface area contributed by atoms with Gasteiger partial charge in [-0.05, 0) is 12.0 Å². The molecule has 1 rings (SSSR count). The average molecular weight is 250 g/mol. The fraction of sp³-hybridized carbons (Fsp3) is 0.385. The van der Waals surface area contributed by atoms with Crippen molar-refractivity contribution in [3.8, 4) is 0 Å². The normalized spacial score (nSPS) is 9.83.